The van der Waals surface area contributed by atoms with E-state index in [0.29, 0.717) is 12.1 Å². The highest BCUT2D eigenvalue weighted by Gasteiger charge is 2.21. The number of methoxy groups -OCH3 is 1. The molecule has 0 fully saturated rings. The Morgan fingerprint density at radius 3 is 2.74 bits per heavy atom. The number of carbonyl (C=O) groups is 1. The number of nitrogens with zero attached hydrogens (tertiary/aromatic N) is 2. The lowest BCUT2D eigenvalue weighted by molar-refractivity contribution is 0.0734. The van der Waals surface area contributed by atoms with Gasteiger partial charge in [-0.1, -0.05) is 30.3 Å². The van der Waals surface area contributed by atoms with E-state index in [1.165, 1.54) is 11.1 Å². The summed E-state index contributed by atoms with van der Waals surface area (Å²) in [5, 5.41) is 3.28. The molecule has 4 rings (SSSR count). The summed E-state index contributed by atoms with van der Waals surface area (Å²) in [6.07, 6.45) is 4.22. The van der Waals surface area contributed by atoms with Gasteiger partial charge < -0.3 is 15.0 Å². The zero-order valence-corrected chi connectivity index (χ0v) is 15.2. The van der Waals surface area contributed by atoms with E-state index in [9.17, 15) is 4.79 Å². The van der Waals surface area contributed by atoms with Crippen LogP contribution in [0.1, 0.15) is 21.5 Å². The van der Waals surface area contributed by atoms with Gasteiger partial charge in [0.05, 0.1) is 24.6 Å². The lowest BCUT2D eigenvalue weighted by Gasteiger charge is -2.29. The zero-order chi connectivity index (χ0) is 18.6. The summed E-state index contributed by atoms with van der Waals surface area (Å²) in [5.41, 5.74) is 4.78. The minimum atomic E-state index is 0.00583. The number of benzene rings is 2. The van der Waals surface area contributed by atoms with Gasteiger partial charge in [0.1, 0.15) is 5.75 Å². The van der Waals surface area contributed by atoms with Crippen LogP contribution in [0.3, 0.4) is 0 Å². The van der Waals surface area contributed by atoms with Crippen LogP contribution >= 0.6 is 0 Å². The molecule has 2 heterocycles. The van der Waals surface area contributed by atoms with Crippen LogP contribution in [0.15, 0.2) is 67.0 Å². The minimum Gasteiger partial charge on any atom is -0.497 e. The molecule has 0 unspecified atom stereocenters. The van der Waals surface area contributed by atoms with Crippen LogP contribution in [-0.4, -0.2) is 29.4 Å². The molecule has 2 aromatic carbocycles. The second kappa shape index (κ2) is 7.50. The van der Waals surface area contributed by atoms with E-state index in [-0.39, 0.29) is 5.91 Å². The lowest BCUT2D eigenvalue weighted by Crippen LogP contribution is -2.36. The predicted molar refractivity (Wildman–Crippen MR) is 105 cm³/mol. The molecule has 136 valence electrons. The standard InChI is InChI=1S/C22H21N3O2/c1-27-21-8-4-7-19(12-21)24-20-11-18(13-23-14-20)22(26)25-10-9-16-5-2-3-6-17(16)15-25/h2-8,11-14,24H,9-10,15H2,1H3. The maximum atomic E-state index is 13.0. The Bertz CT molecular complexity index is 971. The van der Waals surface area contributed by atoms with Crippen molar-refractivity contribution in [2.75, 3.05) is 19.0 Å². The highest BCUT2D eigenvalue weighted by atomic mass is 16.5. The molecule has 0 saturated heterocycles. The Morgan fingerprint density at radius 1 is 1.04 bits per heavy atom. The summed E-state index contributed by atoms with van der Waals surface area (Å²) in [6.45, 7) is 1.37. The zero-order valence-electron chi connectivity index (χ0n) is 15.2. The second-order valence-electron chi connectivity index (χ2n) is 6.56. The number of carbonyl (C=O) groups excluding carboxylic acids is 1. The molecule has 0 radical (unpaired) electrons. The van der Waals surface area contributed by atoms with Crippen LogP contribution < -0.4 is 10.1 Å². The first kappa shape index (κ1) is 17.1. The van der Waals surface area contributed by atoms with Crippen LogP contribution in [0.5, 0.6) is 5.75 Å². The number of aromatic nitrogens is 1. The van der Waals surface area contributed by atoms with E-state index in [1.807, 2.05) is 47.4 Å². The summed E-state index contributed by atoms with van der Waals surface area (Å²) in [6, 6.07) is 17.8. The molecule has 3 aromatic rings. The monoisotopic (exact) mass is 359 g/mol. The van der Waals surface area contributed by atoms with Gasteiger partial charge in [0, 0.05) is 31.0 Å². The van der Waals surface area contributed by atoms with E-state index in [0.717, 1.165) is 30.1 Å². The molecule has 27 heavy (non-hydrogen) atoms. The molecule has 1 amide bonds. The fourth-order valence-electron chi connectivity index (χ4n) is 3.34. The van der Waals surface area contributed by atoms with E-state index >= 15 is 0 Å². The molecule has 1 aromatic heterocycles. The van der Waals surface area contributed by atoms with Crippen molar-refractivity contribution in [3.8, 4) is 5.75 Å². The summed E-state index contributed by atoms with van der Waals surface area (Å²) < 4.78 is 5.25. The topological polar surface area (TPSA) is 54.5 Å². The van der Waals surface area contributed by atoms with Gasteiger partial charge in [0.25, 0.3) is 5.91 Å². The molecule has 0 aliphatic carbocycles. The Balaban J connectivity index is 1.51. The first-order valence-corrected chi connectivity index (χ1v) is 8.95. The predicted octanol–water partition coefficient (Wildman–Crippen LogP) is 4.03. The van der Waals surface area contributed by atoms with E-state index in [2.05, 4.69) is 22.4 Å². The van der Waals surface area contributed by atoms with E-state index in [4.69, 9.17) is 4.74 Å². The van der Waals surface area contributed by atoms with Gasteiger partial charge in [0.2, 0.25) is 0 Å². The summed E-state index contributed by atoms with van der Waals surface area (Å²) in [4.78, 5) is 19.1. The number of pyridine rings is 1. The summed E-state index contributed by atoms with van der Waals surface area (Å²) >= 11 is 0. The first-order valence-electron chi connectivity index (χ1n) is 8.95. The highest BCUT2D eigenvalue weighted by molar-refractivity contribution is 5.95. The van der Waals surface area contributed by atoms with Crippen LogP contribution in [-0.2, 0) is 13.0 Å². The molecule has 5 heteroatoms. The number of nitrogens with one attached hydrogen (secondary N) is 1. The van der Waals surface area contributed by atoms with Gasteiger partial charge in [-0.25, -0.2) is 0 Å². The number of anilines is 2. The van der Waals surface area contributed by atoms with Crippen molar-refractivity contribution in [2.24, 2.45) is 0 Å². The Hall–Kier alpha value is -3.34. The number of rotatable bonds is 4. The van der Waals surface area contributed by atoms with Crippen molar-refractivity contribution in [1.29, 1.82) is 0 Å². The molecule has 1 aliphatic heterocycles. The van der Waals surface area contributed by atoms with Crippen LogP contribution in [0, 0.1) is 0 Å². The molecule has 0 spiro atoms. The quantitative estimate of drug-likeness (QED) is 0.764. The largest absolute Gasteiger partial charge is 0.497 e. The number of hydrogen-bond acceptors (Lipinski definition) is 4. The van der Waals surface area contributed by atoms with Crippen LogP contribution in [0.25, 0.3) is 0 Å². The average Bonchev–Trinajstić information content (AvgIpc) is 2.73. The van der Waals surface area contributed by atoms with Gasteiger partial charge in [0.15, 0.2) is 0 Å². The lowest BCUT2D eigenvalue weighted by atomic mass is 9.99. The highest BCUT2D eigenvalue weighted by Crippen LogP contribution is 2.23. The normalized spacial score (nSPS) is 13.0. The van der Waals surface area contributed by atoms with Gasteiger partial charge in [-0.2, -0.15) is 0 Å². The van der Waals surface area contributed by atoms with Crippen molar-refractivity contribution in [3.63, 3.8) is 0 Å². The van der Waals surface area contributed by atoms with E-state index < -0.39 is 0 Å². The SMILES string of the molecule is COc1cccc(Nc2cncc(C(=O)N3CCc4ccccc4C3)c2)c1. The van der Waals surface area contributed by atoms with Crippen molar-refractivity contribution in [1.82, 2.24) is 9.88 Å². The molecule has 0 bridgehead atoms. The molecule has 1 N–H and O–H groups in total. The number of fused-ring (bicyclic) bond motifs is 1. The van der Waals surface area contributed by atoms with Crippen LogP contribution in [0.2, 0.25) is 0 Å². The van der Waals surface area contributed by atoms with Crippen molar-refractivity contribution >= 4 is 17.3 Å². The third-order valence-corrected chi connectivity index (χ3v) is 4.76. The van der Waals surface area contributed by atoms with Gasteiger partial charge in [-0.15, -0.1) is 0 Å². The molecule has 5 nitrogen and oxygen atoms in total. The van der Waals surface area contributed by atoms with E-state index in [1.54, 1.807) is 19.5 Å². The maximum absolute atomic E-state index is 13.0. The molecule has 0 saturated carbocycles. The average molecular weight is 359 g/mol. The Morgan fingerprint density at radius 2 is 1.89 bits per heavy atom. The minimum absolute atomic E-state index is 0.00583. The summed E-state index contributed by atoms with van der Waals surface area (Å²) in [7, 11) is 1.64. The fraction of sp³-hybridized carbons (Fsp3) is 0.182. The molecule has 0 atom stereocenters. The number of hydrogen-bond donors (Lipinski definition) is 1. The molecular weight excluding hydrogens is 338 g/mol. The maximum Gasteiger partial charge on any atom is 0.255 e. The second-order valence-corrected chi connectivity index (χ2v) is 6.56. The third kappa shape index (κ3) is 3.77. The smallest absolute Gasteiger partial charge is 0.255 e. The number of amides is 1. The fourth-order valence-corrected chi connectivity index (χ4v) is 3.34. The van der Waals surface area contributed by atoms with Gasteiger partial charge >= 0.3 is 0 Å². The van der Waals surface area contributed by atoms with Crippen LogP contribution in [0.4, 0.5) is 11.4 Å². The molecular formula is C22H21N3O2. The van der Waals surface area contributed by atoms with Crippen molar-refractivity contribution in [2.45, 2.75) is 13.0 Å². The van der Waals surface area contributed by atoms with Gasteiger partial charge in [-0.3, -0.25) is 9.78 Å². The van der Waals surface area contributed by atoms with Gasteiger partial charge in [-0.05, 0) is 35.7 Å². The molecule has 1 aliphatic rings. The summed E-state index contributed by atoms with van der Waals surface area (Å²) in [5.74, 6) is 0.776. The Kier molecular flexibility index (Phi) is 4.75. The van der Waals surface area contributed by atoms with Crippen molar-refractivity contribution in [3.05, 3.63) is 83.7 Å². The third-order valence-electron chi connectivity index (χ3n) is 4.76. The first-order chi connectivity index (χ1) is 13.2. The Labute approximate surface area is 158 Å². The number of ether oxygens (including phenoxy) is 1. The van der Waals surface area contributed by atoms with Crippen molar-refractivity contribution < 1.29 is 9.53 Å².